The molecule has 1 saturated heterocycles. The summed E-state index contributed by atoms with van der Waals surface area (Å²) in [5, 5.41) is 0.665. The molecule has 4 heteroatoms. The number of rotatable bonds is 2. The second-order valence-corrected chi connectivity index (χ2v) is 5.72. The molecule has 0 aromatic heterocycles. The van der Waals surface area contributed by atoms with Crippen LogP contribution in [0, 0.1) is 0 Å². The van der Waals surface area contributed by atoms with Crippen molar-refractivity contribution in [2.75, 3.05) is 26.2 Å². The van der Waals surface area contributed by atoms with Crippen LogP contribution in [0.4, 0.5) is 0 Å². The molecule has 104 valence electrons. The van der Waals surface area contributed by atoms with Gasteiger partial charge in [0.2, 0.25) is 0 Å². The molecule has 0 saturated carbocycles. The molecule has 1 fully saturated rings. The van der Waals surface area contributed by atoms with Gasteiger partial charge in [0, 0.05) is 42.8 Å². The average molecular weight is 281 g/mol. The van der Waals surface area contributed by atoms with Crippen molar-refractivity contribution in [3.05, 3.63) is 34.9 Å². The number of halogens is 1. The lowest BCUT2D eigenvalue weighted by molar-refractivity contribution is 0.0759. The molecule has 0 atom stereocenters. The number of hydrogen-bond acceptors (Lipinski definition) is 2. The van der Waals surface area contributed by atoms with Crippen molar-refractivity contribution in [1.82, 2.24) is 9.80 Å². The highest BCUT2D eigenvalue weighted by Crippen LogP contribution is 2.14. The fourth-order valence-corrected chi connectivity index (χ4v) is 2.56. The fraction of sp³-hybridized carbons (Fsp3) is 0.533. The zero-order valence-electron chi connectivity index (χ0n) is 11.6. The first kappa shape index (κ1) is 14.4. The summed E-state index contributed by atoms with van der Waals surface area (Å²) in [6.07, 6.45) is 1.04. The molecule has 0 radical (unpaired) electrons. The minimum Gasteiger partial charge on any atom is -0.337 e. The highest BCUT2D eigenvalue weighted by atomic mass is 35.5. The second-order valence-electron chi connectivity index (χ2n) is 5.28. The summed E-state index contributed by atoms with van der Waals surface area (Å²) in [6, 6.07) is 7.69. The molecule has 0 bridgehead atoms. The lowest BCUT2D eigenvalue weighted by atomic mass is 10.2. The Balaban J connectivity index is 2.02. The number of carbonyl (C=O) groups is 1. The molecule has 0 spiro atoms. The molecule has 1 aromatic carbocycles. The van der Waals surface area contributed by atoms with Gasteiger partial charge in [-0.25, -0.2) is 0 Å². The molecule has 1 amide bonds. The van der Waals surface area contributed by atoms with E-state index in [1.54, 1.807) is 24.3 Å². The van der Waals surface area contributed by atoms with Gasteiger partial charge < -0.3 is 4.90 Å². The van der Waals surface area contributed by atoms with Crippen molar-refractivity contribution in [3.63, 3.8) is 0 Å². The monoisotopic (exact) mass is 280 g/mol. The van der Waals surface area contributed by atoms with Gasteiger partial charge in [-0.2, -0.15) is 0 Å². The maximum absolute atomic E-state index is 12.4. The van der Waals surface area contributed by atoms with Gasteiger partial charge >= 0.3 is 0 Å². The minimum atomic E-state index is 0.113. The van der Waals surface area contributed by atoms with E-state index in [9.17, 15) is 4.79 Å². The second kappa shape index (κ2) is 6.40. The first-order valence-corrected chi connectivity index (χ1v) is 7.24. The van der Waals surface area contributed by atoms with Gasteiger partial charge in [-0.1, -0.05) is 11.6 Å². The molecular formula is C15H21ClN2O. The molecule has 1 heterocycles. The average Bonchev–Trinajstić information content (AvgIpc) is 2.64. The Morgan fingerprint density at radius 3 is 2.42 bits per heavy atom. The van der Waals surface area contributed by atoms with Gasteiger partial charge in [-0.05, 0) is 44.5 Å². The van der Waals surface area contributed by atoms with E-state index in [0.29, 0.717) is 11.1 Å². The summed E-state index contributed by atoms with van der Waals surface area (Å²) in [6.45, 7) is 8.08. The Labute approximate surface area is 120 Å². The number of hydrogen-bond donors (Lipinski definition) is 0. The highest BCUT2D eigenvalue weighted by Gasteiger charge is 2.21. The zero-order chi connectivity index (χ0) is 13.8. The summed E-state index contributed by atoms with van der Waals surface area (Å²) >= 11 is 5.85. The van der Waals surface area contributed by atoms with Crippen molar-refractivity contribution in [1.29, 1.82) is 0 Å². The number of amides is 1. The first-order valence-electron chi connectivity index (χ1n) is 6.87. The van der Waals surface area contributed by atoms with Gasteiger partial charge in [-0.3, -0.25) is 9.69 Å². The van der Waals surface area contributed by atoms with Crippen LogP contribution in [0.2, 0.25) is 5.02 Å². The van der Waals surface area contributed by atoms with Crippen molar-refractivity contribution >= 4 is 17.5 Å². The van der Waals surface area contributed by atoms with E-state index >= 15 is 0 Å². The predicted molar refractivity (Wildman–Crippen MR) is 78.7 cm³/mol. The molecular weight excluding hydrogens is 260 g/mol. The van der Waals surface area contributed by atoms with Crippen LogP contribution in [0.5, 0.6) is 0 Å². The maximum atomic E-state index is 12.4. The van der Waals surface area contributed by atoms with E-state index in [-0.39, 0.29) is 5.91 Å². The van der Waals surface area contributed by atoms with E-state index in [1.807, 2.05) is 4.90 Å². The lowest BCUT2D eigenvalue weighted by Gasteiger charge is -2.25. The van der Waals surface area contributed by atoms with Gasteiger partial charge in [0.25, 0.3) is 5.91 Å². The summed E-state index contributed by atoms with van der Waals surface area (Å²) in [7, 11) is 0. The van der Waals surface area contributed by atoms with Crippen LogP contribution in [0.3, 0.4) is 0 Å². The number of nitrogens with zero attached hydrogens (tertiary/aromatic N) is 2. The molecule has 3 nitrogen and oxygen atoms in total. The summed E-state index contributed by atoms with van der Waals surface area (Å²) < 4.78 is 0. The largest absolute Gasteiger partial charge is 0.337 e. The normalized spacial score (nSPS) is 17.6. The highest BCUT2D eigenvalue weighted by molar-refractivity contribution is 6.30. The molecule has 1 aromatic rings. The molecule has 0 N–H and O–H groups in total. The summed E-state index contributed by atoms with van der Waals surface area (Å²) in [5.74, 6) is 0.113. The van der Waals surface area contributed by atoms with Crippen molar-refractivity contribution < 1.29 is 4.79 Å². The van der Waals surface area contributed by atoms with Crippen LogP contribution in [-0.4, -0.2) is 47.9 Å². The molecule has 0 unspecified atom stereocenters. The smallest absolute Gasteiger partial charge is 0.253 e. The van der Waals surface area contributed by atoms with Crippen LogP contribution in [0.15, 0.2) is 24.3 Å². The Kier molecular flexibility index (Phi) is 4.83. The standard InChI is InChI=1S/C15H21ClN2O/c1-12(2)17-8-3-9-18(11-10-17)15(19)13-4-6-14(16)7-5-13/h4-7,12H,3,8-11H2,1-2H3. The molecule has 2 rings (SSSR count). The van der Waals surface area contributed by atoms with Crippen LogP contribution in [-0.2, 0) is 0 Å². The molecule has 0 aliphatic carbocycles. The third-order valence-corrected chi connectivity index (χ3v) is 3.89. The van der Waals surface area contributed by atoms with E-state index < -0.39 is 0 Å². The van der Waals surface area contributed by atoms with Crippen molar-refractivity contribution in [2.45, 2.75) is 26.3 Å². The lowest BCUT2D eigenvalue weighted by Crippen LogP contribution is -2.37. The summed E-state index contributed by atoms with van der Waals surface area (Å²) in [4.78, 5) is 16.8. The van der Waals surface area contributed by atoms with Crippen LogP contribution >= 0.6 is 11.6 Å². The Hall–Kier alpha value is -1.06. The van der Waals surface area contributed by atoms with Crippen molar-refractivity contribution in [3.8, 4) is 0 Å². The first-order chi connectivity index (χ1) is 9.08. The van der Waals surface area contributed by atoms with Crippen LogP contribution < -0.4 is 0 Å². The number of carbonyl (C=O) groups excluding carboxylic acids is 1. The number of benzene rings is 1. The minimum absolute atomic E-state index is 0.113. The summed E-state index contributed by atoms with van der Waals surface area (Å²) in [5.41, 5.74) is 0.724. The SMILES string of the molecule is CC(C)N1CCCN(C(=O)c2ccc(Cl)cc2)CC1. The molecule has 19 heavy (non-hydrogen) atoms. The van der Waals surface area contributed by atoms with Gasteiger partial charge in [0.1, 0.15) is 0 Å². The van der Waals surface area contributed by atoms with E-state index in [1.165, 1.54) is 0 Å². The van der Waals surface area contributed by atoms with Gasteiger partial charge in [-0.15, -0.1) is 0 Å². The van der Waals surface area contributed by atoms with Crippen LogP contribution in [0.25, 0.3) is 0 Å². The topological polar surface area (TPSA) is 23.6 Å². The van der Waals surface area contributed by atoms with Crippen LogP contribution in [0.1, 0.15) is 30.6 Å². The Morgan fingerprint density at radius 2 is 1.79 bits per heavy atom. The predicted octanol–water partition coefficient (Wildman–Crippen LogP) is 2.90. The van der Waals surface area contributed by atoms with E-state index in [2.05, 4.69) is 18.7 Å². The van der Waals surface area contributed by atoms with Crippen molar-refractivity contribution in [2.24, 2.45) is 0 Å². The Morgan fingerprint density at radius 1 is 1.11 bits per heavy atom. The zero-order valence-corrected chi connectivity index (χ0v) is 12.4. The van der Waals surface area contributed by atoms with E-state index in [0.717, 1.165) is 38.2 Å². The third kappa shape index (κ3) is 3.71. The maximum Gasteiger partial charge on any atom is 0.253 e. The quantitative estimate of drug-likeness (QED) is 0.832. The van der Waals surface area contributed by atoms with Gasteiger partial charge in [0.15, 0.2) is 0 Å². The molecule has 1 aliphatic heterocycles. The third-order valence-electron chi connectivity index (χ3n) is 3.64. The van der Waals surface area contributed by atoms with Gasteiger partial charge in [0.05, 0.1) is 0 Å². The van der Waals surface area contributed by atoms with E-state index in [4.69, 9.17) is 11.6 Å². The fourth-order valence-electron chi connectivity index (χ4n) is 2.43. The Bertz CT molecular complexity index is 430. The molecule has 1 aliphatic rings.